The average molecular weight is 284 g/mol. The lowest BCUT2D eigenvalue weighted by molar-refractivity contribution is 0.298. The summed E-state index contributed by atoms with van der Waals surface area (Å²) in [5, 5.41) is 2.70. The van der Waals surface area contributed by atoms with Crippen molar-refractivity contribution in [2.75, 3.05) is 6.67 Å². The zero-order chi connectivity index (χ0) is 14.5. The quantitative estimate of drug-likeness (QED) is 0.569. The highest BCUT2D eigenvalue weighted by Crippen LogP contribution is 2.38. The van der Waals surface area contributed by atoms with Crippen LogP contribution < -0.4 is 0 Å². The predicted molar refractivity (Wildman–Crippen MR) is 88.5 cm³/mol. The summed E-state index contributed by atoms with van der Waals surface area (Å²) in [6.45, 7) is -0.146. The van der Waals surface area contributed by atoms with Gasteiger partial charge in [-0.25, -0.2) is 0 Å². The molecule has 0 aromatic heterocycles. The molecule has 0 nitrogen and oxygen atoms in total. The van der Waals surface area contributed by atoms with Crippen LogP contribution in [0.1, 0.15) is 56.4 Å². The molecule has 0 spiro atoms. The van der Waals surface area contributed by atoms with Gasteiger partial charge in [-0.15, -0.1) is 0 Å². The topological polar surface area (TPSA) is 0 Å². The molecule has 0 aliphatic heterocycles. The molecule has 0 bridgehead atoms. The van der Waals surface area contributed by atoms with Gasteiger partial charge in [0.2, 0.25) is 0 Å². The maximum absolute atomic E-state index is 12.2. The highest BCUT2D eigenvalue weighted by molar-refractivity contribution is 5.83. The van der Waals surface area contributed by atoms with E-state index in [1.165, 1.54) is 48.4 Å². The molecule has 21 heavy (non-hydrogen) atoms. The van der Waals surface area contributed by atoms with Crippen LogP contribution in [0.15, 0.2) is 42.5 Å². The summed E-state index contributed by atoms with van der Waals surface area (Å²) in [4.78, 5) is 0. The summed E-state index contributed by atoms with van der Waals surface area (Å²) in [5.74, 6) is 1.57. The highest BCUT2D eigenvalue weighted by atomic mass is 19.1. The van der Waals surface area contributed by atoms with Crippen LogP contribution in [0.2, 0.25) is 0 Å². The van der Waals surface area contributed by atoms with Crippen molar-refractivity contribution in [3.8, 4) is 0 Å². The zero-order valence-electron chi connectivity index (χ0n) is 12.7. The highest BCUT2D eigenvalue weighted by Gasteiger charge is 2.22. The molecular weight excluding hydrogens is 259 g/mol. The maximum atomic E-state index is 12.2. The molecule has 2 aromatic rings. The Morgan fingerprint density at radius 2 is 1.62 bits per heavy atom. The van der Waals surface area contributed by atoms with E-state index in [4.69, 9.17) is 0 Å². The monoisotopic (exact) mass is 284 g/mol. The van der Waals surface area contributed by atoms with E-state index in [9.17, 15) is 4.39 Å². The first-order valence-electron chi connectivity index (χ1n) is 8.41. The lowest BCUT2D eigenvalue weighted by atomic mass is 9.77. The molecule has 3 rings (SSSR count). The molecule has 1 aliphatic carbocycles. The van der Waals surface area contributed by atoms with Gasteiger partial charge in [-0.05, 0) is 60.3 Å². The van der Waals surface area contributed by atoms with E-state index >= 15 is 0 Å². The van der Waals surface area contributed by atoms with Gasteiger partial charge in [0, 0.05) is 0 Å². The summed E-state index contributed by atoms with van der Waals surface area (Å²) in [5.41, 5.74) is 1.51. The van der Waals surface area contributed by atoms with Crippen LogP contribution in [0.25, 0.3) is 10.8 Å². The van der Waals surface area contributed by atoms with Crippen LogP contribution in [-0.4, -0.2) is 6.67 Å². The second-order valence-electron chi connectivity index (χ2n) is 6.51. The second-order valence-corrected chi connectivity index (χ2v) is 6.51. The maximum Gasteiger partial charge on any atom is 0.0894 e. The van der Waals surface area contributed by atoms with Crippen LogP contribution in [0.4, 0.5) is 4.39 Å². The van der Waals surface area contributed by atoms with Crippen LogP contribution in [-0.2, 0) is 0 Å². The Kier molecular flexibility index (Phi) is 4.90. The van der Waals surface area contributed by atoms with Crippen molar-refractivity contribution >= 4 is 10.8 Å². The number of alkyl halides is 1. The summed E-state index contributed by atoms with van der Waals surface area (Å²) < 4.78 is 12.2. The van der Waals surface area contributed by atoms with Gasteiger partial charge in [0.05, 0.1) is 6.67 Å². The summed E-state index contributed by atoms with van der Waals surface area (Å²) >= 11 is 0. The zero-order valence-corrected chi connectivity index (χ0v) is 12.7. The molecule has 1 fully saturated rings. The van der Waals surface area contributed by atoms with E-state index in [2.05, 4.69) is 42.5 Å². The molecule has 2 aromatic carbocycles. The second kappa shape index (κ2) is 7.06. The van der Waals surface area contributed by atoms with Crippen molar-refractivity contribution in [2.45, 2.75) is 50.9 Å². The van der Waals surface area contributed by atoms with E-state index in [0.29, 0.717) is 0 Å². The van der Waals surface area contributed by atoms with Crippen molar-refractivity contribution in [3.05, 3.63) is 48.0 Å². The Labute approximate surface area is 127 Å². The summed E-state index contributed by atoms with van der Waals surface area (Å²) in [6.07, 6.45) is 8.31. The van der Waals surface area contributed by atoms with Gasteiger partial charge in [-0.2, -0.15) is 0 Å². The Morgan fingerprint density at radius 1 is 0.857 bits per heavy atom. The van der Waals surface area contributed by atoms with Crippen LogP contribution in [0, 0.1) is 5.92 Å². The minimum absolute atomic E-state index is 0.146. The third kappa shape index (κ3) is 3.64. The SMILES string of the molecule is FCCCCC1CCC(c2ccc3ccccc3c2)CC1. The van der Waals surface area contributed by atoms with Crippen molar-refractivity contribution in [1.29, 1.82) is 0 Å². The Bertz CT molecular complexity index is 567. The number of halogens is 1. The lowest BCUT2D eigenvalue weighted by Crippen LogP contribution is -2.13. The number of benzene rings is 2. The van der Waals surface area contributed by atoms with E-state index in [-0.39, 0.29) is 6.67 Å². The molecule has 1 heteroatoms. The molecular formula is C20H25F. The fraction of sp³-hybridized carbons (Fsp3) is 0.500. The van der Waals surface area contributed by atoms with Crippen molar-refractivity contribution in [3.63, 3.8) is 0 Å². The Morgan fingerprint density at radius 3 is 2.38 bits per heavy atom. The fourth-order valence-corrected chi connectivity index (χ4v) is 3.77. The third-order valence-electron chi connectivity index (χ3n) is 5.09. The first-order chi connectivity index (χ1) is 10.4. The van der Waals surface area contributed by atoms with E-state index in [1.54, 1.807) is 0 Å². The first kappa shape index (κ1) is 14.6. The Balaban J connectivity index is 1.60. The molecule has 0 atom stereocenters. The van der Waals surface area contributed by atoms with Gasteiger partial charge in [-0.1, -0.05) is 55.3 Å². The van der Waals surface area contributed by atoms with Gasteiger partial charge >= 0.3 is 0 Å². The van der Waals surface area contributed by atoms with E-state index < -0.39 is 0 Å². The third-order valence-corrected chi connectivity index (χ3v) is 5.09. The predicted octanol–water partition coefficient (Wildman–Crippen LogP) is 6.25. The van der Waals surface area contributed by atoms with Crippen molar-refractivity contribution < 1.29 is 4.39 Å². The standard InChI is InChI=1S/C20H25F/c21-14-4-3-5-16-8-10-18(11-9-16)20-13-12-17-6-1-2-7-19(17)15-20/h1-2,6-7,12-13,15-16,18H,3-5,8-11,14H2. The minimum Gasteiger partial charge on any atom is -0.251 e. The average Bonchev–Trinajstić information content (AvgIpc) is 2.55. The van der Waals surface area contributed by atoms with Gasteiger partial charge in [0.1, 0.15) is 0 Å². The normalized spacial score (nSPS) is 22.5. The number of rotatable bonds is 5. The number of hydrogen-bond donors (Lipinski definition) is 0. The van der Waals surface area contributed by atoms with E-state index in [0.717, 1.165) is 24.7 Å². The van der Waals surface area contributed by atoms with Crippen LogP contribution in [0.5, 0.6) is 0 Å². The Hall–Kier alpha value is -1.37. The molecule has 0 N–H and O–H groups in total. The summed E-state index contributed by atoms with van der Waals surface area (Å²) in [7, 11) is 0. The van der Waals surface area contributed by atoms with Crippen LogP contribution in [0.3, 0.4) is 0 Å². The van der Waals surface area contributed by atoms with Gasteiger partial charge in [0.15, 0.2) is 0 Å². The fourth-order valence-electron chi connectivity index (χ4n) is 3.77. The smallest absolute Gasteiger partial charge is 0.0894 e. The first-order valence-corrected chi connectivity index (χ1v) is 8.41. The molecule has 1 aliphatic rings. The molecule has 0 saturated heterocycles. The van der Waals surface area contributed by atoms with E-state index in [1.807, 2.05) is 0 Å². The number of hydrogen-bond acceptors (Lipinski definition) is 0. The van der Waals surface area contributed by atoms with Crippen LogP contribution >= 0.6 is 0 Å². The van der Waals surface area contributed by atoms with Crippen molar-refractivity contribution in [2.24, 2.45) is 5.92 Å². The molecule has 0 amide bonds. The molecule has 0 heterocycles. The number of unbranched alkanes of at least 4 members (excludes halogenated alkanes) is 1. The minimum atomic E-state index is -0.146. The van der Waals surface area contributed by atoms with Crippen molar-refractivity contribution in [1.82, 2.24) is 0 Å². The number of fused-ring (bicyclic) bond motifs is 1. The summed E-state index contributed by atoms with van der Waals surface area (Å²) in [6, 6.07) is 15.6. The molecule has 0 unspecified atom stereocenters. The van der Waals surface area contributed by atoms with Gasteiger partial charge in [0.25, 0.3) is 0 Å². The molecule has 0 radical (unpaired) electrons. The lowest BCUT2D eigenvalue weighted by Gasteiger charge is -2.29. The largest absolute Gasteiger partial charge is 0.251 e. The molecule has 1 saturated carbocycles. The van der Waals surface area contributed by atoms with Gasteiger partial charge < -0.3 is 0 Å². The molecule has 112 valence electrons. The van der Waals surface area contributed by atoms with Gasteiger partial charge in [-0.3, -0.25) is 4.39 Å².